The van der Waals surface area contributed by atoms with Crippen LogP contribution >= 0.6 is 0 Å². The molecule has 8 heteroatoms. The van der Waals surface area contributed by atoms with Crippen molar-refractivity contribution in [3.63, 3.8) is 0 Å². The van der Waals surface area contributed by atoms with Crippen LogP contribution in [0.1, 0.15) is 38.3 Å². The standard InChI is InChI=1S/C26H29FN2O4S/c1-4-19(3)29(26(30)28-25-9-7-6-8-21(25)5-2)18-20-10-14-23(15-11-20)33-34(31,32)24-16-12-22(27)13-17-24/h6-17,19H,4-5,18H2,1-3H3,(H,28,30). The summed E-state index contributed by atoms with van der Waals surface area (Å²) in [4.78, 5) is 14.7. The van der Waals surface area contributed by atoms with Crippen molar-refractivity contribution in [1.29, 1.82) is 0 Å². The Morgan fingerprint density at radius 1 is 1.00 bits per heavy atom. The third-order valence-electron chi connectivity index (χ3n) is 5.61. The van der Waals surface area contributed by atoms with E-state index in [0.717, 1.165) is 53.9 Å². The molecule has 0 aromatic heterocycles. The molecule has 0 aliphatic rings. The number of rotatable bonds is 9. The van der Waals surface area contributed by atoms with Gasteiger partial charge in [-0.3, -0.25) is 0 Å². The molecule has 34 heavy (non-hydrogen) atoms. The van der Waals surface area contributed by atoms with Gasteiger partial charge in [0.15, 0.2) is 0 Å². The number of aryl methyl sites for hydroxylation is 1. The highest BCUT2D eigenvalue weighted by Gasteiger charge is 2.21. The fourth-order valence-electron chi connectivity index (χ4n) is 3.41. The van der Waals surface area contributed by atoms with E-state index in [1.165, 1.54) is 12.1 Å². The van der Waals surface area contributed by atoms with Crippen LogP contribution < -0.4 is 9.50 Å². The Hall–Kier alpha value is -3.39. The van der Waals surface area contributed by atoms with Crippen molar-refractivity contribution in [2.45, 2.75) is 51.1 Å². The summed E-state index contributed by atoms with van der Waals surface area (Å²) in [5.41, 5.74) is 2.67. The zero-order valence-corrected chi connectivity index (χ0v) is 20.3. The zero-order chi connectivity index (χ0) is 24.7. The maximum atomic E-state index is 13.1. The normalized spacial score (nSPS) is 12.1. The lowest BCUT2D eigenvalue weighted by atomic mass is 10.1. The molecule has 0 bridgehead atoms. The van der Waals surface area contributed by atoms with Crippen molar-refractivity contribution >= 4 is 21.8 Å². The fourth-order valence-corrected chi connectivity index (χ4v) is 4.34. The van der Waals surface area contributed by atoms with Crippen molar-refractivity contribution < 1.29 is 21.8 Å². The van der Waals surface area contributed by atoms with Crippen LogP contribution in [0.5, 0.6) is 5.75 Å². The summed E-state index contributed by atoms with van der Waals surface area (Å²) in [7, 11) is -4.08. The first-order valence-electron chi connectivity index (χ1n) is 11.2. The van der Waals surface area contributed by atoms with Gasteiger partial charge in [-0.2, -0.15) is 8.42 Å². The second kappa shape index (κ2) is 11.2. The largest absolute Gasteiger partial charge is 0.379 e. The van der Waals surface area contributed by atoms with Gasteiger partial charge in [0.25, 0.3) is 0 Å². The maximum Gasteiger partial charge on any atom is 0.339 e. The summed E-state index contributed by atoms with van der Waals surface area (Å²) < 4.78 is 43.1. The Morgan fingerprint density at radius 2 is 1.65 bits per heavy atom. The van der Waals surface area contributed by atoms with Crippen LogP contribution in [0, 0.1) is 5.82 Å². The Kier molecular flexibility index (Phi) is 8.28. The van der Waals surface area contributed by atoms with Crippen molar-refractivity contribution in [3.05, 3.63) is 89.7 Å². The van der Waals surface area contributed by atoms with Gasteiger partial charge in [-0.1, -0.05) is 44.2 Å². The molecule has 0 saturated heterocycles. The Bertz CT molecular complexity index is 1210. The summed E-state index contributed by atoms with van der Waals surface area (Å²) >= 11 is 0. The number of amides is 2. The van der Waals surface area contributed by atoms with Crippen molar-refractivity contribution in [2.75, 3.05) is 5.32 Å². The Balaban J connectivity index is 1.72. The SMILES string of the molecule is CCc1ccccc1NC(=O)N(Cc1ccc(OS(=O)(=O)c2ccc(F)cc2)cc1)C(C)CC. The molecule has 2 amide bonds. The van der Waals surface area contributed by atoms with Gasteiger partial charge in [-0.15, -0.1) is 0 Å². The lowest BCUT2D eigenvalue weighted by Crippen LogP contribution is -2.40. The molecular weight excluding hydrogens is 455 g/mol. The number of hydrogen-bond acceptors (Lipinski definition) is 4. The molecule has 1 atom stereocenters. The smallest absolute Gasteiger partial charge is 0.339 e. The van der Waals surface area contributed by atoms with Crippen LogP contribution in [0.25, 0.3) is 0 Å². The van der Waals surface area contributed by atoms with Crippen LogP contribution in [-0.4, -0.2) is 25.4 Å². The quantitative estimate of drug-likeness (QED) is 0.379. The second-order valence-corrected chi connectivity index (χ2v) is 9.51. The van der Waals surface area contributed by atoms with Gasteiger partial charge in [-0.05, 0) is 73.4 Å². The molecule has 0 aliphatic heterocycles. The molecule has 1 N–H and O–H groups in total. The summed E-state index contributed by atoms with van der Waals surface area (Å²) in [5.74, 6) is -0.402. The number of nitrogens with one attached hydrogen (secondary N) is 1. The predicted molar refractivity (Wildman–Crippen MR) is 131 cm³/mol. The lowest BCUT2D eigenvalue weighted by Gasteiger charge is -2.29. The third-order valence-corrected chi connectivity index (χ3v) is 6.87. The average Bonchev–Trinajstić information content (AvgIpc) is 2.83. The summed E-state index contributed by atoms with van der Waals surface area (Å²) in [6, 6.07) is 18.4. The van der Waals surface area contributed by atoms with Gasteiger partial charge in [0.2, 0.25) is 0 Å². The van der Waals surface area contributed by atoms with E-state index in [1.807, 2.05) is 45.0 Å². The first-order valence-corrected chi connectivity index (χ1v) is 12.6. The second-order valence-electron chi connectivity index (χ2n) is 7.96. The zero-order valence-electron chi connectivity index (χ0n) is 19.5. The molecule has 0 heterocycles. The van der Waals surface area contributed by atoms with Crippen molar-refractivity contribution in [3.8, 4) is 5.75 Å². The third kappa shape index (κ3) is 6.35. The van der Waals surface area contributed by atoms with E-state index in [0.29, 0.717) is 6.54 Å². The van der Waals surface area contributed by atoms with Gasteiger partial charge in [-0.25, -0.2) is 9.18 Å². The summed E-state index contributed by atoms with van der Waals surface area (Å²) in [6.07, 6.45) is 1.59. The maximum absolute atomic E-state index is 13.1. The number of para-hydroxylation sites is 1. The van der Waals surface area contributed by atoms with Crippen LogP contribution in [-0.2, 0) is 23.1 Å². The highest BCUT2D eigenvalue weighted by molar-refractivity contribution is 7.87. The van der Waals surface area contributed by atoms with Crippen LogP contribution in [0.15, 0.2) is 77.7 Å². The van der Waals surface area contributed by atoms with E-state index in [4.69, 9.17) is 4.18 Å². The van der Waals surface area contributed by atoms with Crippen LogP contribution in [0.4, 0.5) is 14.9 Å². The molecular formula is C26H29FN2O4S. The monoisotopic (exact) mass is 484 g/mol. The molecule has 3 aromatic carbocycles. The molecule has 0 saturated carbocycles. The number of hydrogen-bond donors (Lipinski definition) is 1. The van der Waals surface area contributed by atoms with E-state index in [9.17, 15) is 17.6 Å². The van der Waals surface area contributed by atoms with E-state index < -0.39 is 15.9 Å². The summed E-state index contributed by atoms with van der Waals surface area (Å²) in [6.45, 7) is 6.39. The van der Waals surface area contributed by atoms with E-state index in [1.54, 1.807) is 17.0 Å². The number of carbonyl (C=O) groups excluding carboxylic acids is 1. The van der Waals surface area contributed by atoms with Gasteiger partial charge in [0.1, 0.15) is 16.5 Å². The van der Waals surface area contributed by atoms with Crippen molar-refractivity contribution in [1.82, 2.24) is 4.90 Å². The molecule has 0 spiro atoms. The highest BCUT2D eigenvalue weighted by Crippen LogP contribution is 2.22. The number of anilines is 1. The van der Waals surface area contributed by atoms with Gasteiger partial charge >= 0.3 is 16.1 Å². The highest BCUT2D eigenvalue weighted by atomic mass is 32.2. The van der Waals surface area contributed by atoms with Gasteiger partial charge in [0.05, 0.1) is 0 Å². The number of halogens is 1. The number of carbonyl (C=O) groups is 1. The number of nitrogens with zero attached hydrogens (tertiary/aromatic N) is 1. The lowest BCUT2D eigenvalue weighted by molar-refractivity contribution is 0.187. The minimum atomic E-state index is -4.08. The number of benzene rings is 3. The van der Waals surface area contributed by atoms with Crippen LogP contribution in [0.2, 0.25) is 0 Å². The minimum Gasteiger partial charge on any atom is -0.379 e. The Morgan fingerprint density at radius 3 is 2.26 bits per heavy atom. The first-order chi connectivity index (χ1) is 16.2. The predicted octanol–water partition coefficient (Wildman–Crippen LogP) is 5.99. The Labute approximate surface area is 200 Å². The average molecular weight is 485 g/mol. The van der Waals surface area contributed by atoms with Gasteiger partial charge < -0.3 is 14.4 Å². The molecule has 0 radical (unpaired) electrons. The molecule has 0 fully saturated rings. The molecule has 6 nitrogen and oxygen atoms in total. The molecule has 3 aromatic rings. The first kappa shape index (κ1) is 25.2. The molecule has 0 aliphatic carbocycles. The van der Waals surface area contributed by atoms with Crippen LogP contribution in [0.3, 0.4) is 0 Å². The molecule has 180 valence electrons. The minimum absolute atomic E-state index is 0.0106. The van der Waals surface area contributed by atoms with Gasteiger partial charge in [0, 0.05) is 18.3 Å². The number of urea groups is 1. The topological polar surface area (TPSA) is 75.7 Å². The molecule has 3 rings (SSSR count). The molecule has 1 unspecified atom stereocenters. The van der Waals surface area contributed by atoms with Crippen molar-refractivity contribution in [2.24, 2.45) is 0 Å². The van der Waals surface area contributed by atoms with E-state index >= 15 is 0 Å². The summed E-state index contributed by atoms with van der Waals surface area (Å²) in [5, 5.41) is 3.02. The fraction of sp³-hybridized carbons (Fsp3) is 0.269. The van der Waals surface area contributed by atoms with E-state index in [2.05, 4.69) is 5.32 Å². The van der Waals surface area contributed by atoms with E-state index in [-0.39, 0.29) is 22.7 Å².